The molecule has 0 radical (unpaired) electrons. The molecule has 1 aliphatic rings. The molecule has 2 heterocycles. The van der Waals surface area contributed by atoms with Gasteiger partial charge < -0.3 is 4.90 Å². The van der Waals surface area contributed by atoms with Crippen molar-refractivity contribution in [1.82, 2.24) is 14.9 Å². The molecule has 98 valence electrons. The number of halogens is 1. The van der Waals surface area contributed by atoms with E-state index in [0.717, 1.165) is 44.5 Å². The van der Waals surface area contributed by atoms with E-state index >= 15 is 0 Å². The zero-order valence-electron chi connectivity index (χ0n) is 10.6. The maximum absolute atomic E-state index is 11.3. The third-order valence-corrected chi connectivity index (χ3v) is 3.69. The molecule has 1 aromatic rings. The van der Waals surface area contributed by atoms with Crippen LogP contribution in [0.3, 0.4) is 0 Å². The number of hydrogen-bond donors (Lipinski definition) is 0. The molecule has 0 N–H and O–H groups in total. The Morgan fingerprint density at radius 2 is 2.28 bits per heavy atom. The van der Waals surface area contributed by atoms with Crippen LogP contribution in [0.25, 0.3) is 0 Å². The van der Waals surface area contributed by atoms with Gasteiger partial charge in [0.1, 0.15) is 11.5 Å². The predicted octanol–water partition coefficient (Wildman–Crippen LogP) is 2.32. The van der Waals surface area contributed by atoms with Crippen molar-refractivity contribution in [3.63, 3.8) is 0 Å². The molecular weight excluding hydrogens is 250 g/mol. The van der Waals surface area contributed by atoms with E-state index in [-0.39, 0.29) is 5.91 Å². The summed E-state index contributed by atoms with van der Waals surface area (Å²) in [5.74, 6) is 0.765. The number of nitrogens with zero attached hydrogens (tertiary/aromatic N) is 3. The van der Waals surface area contributed by atoms with Gasteiger partial charge in [0.15, 0.2) is 0 Å². The molecule has 1 aromatic heterocycles. The molecule has 1 fully saturated rings. The Hall–Kier alpha value is -1.16. The Bertz CT molecular complexity index is 424. The molecular formula is C13H18ClN3O. The topological polar surface area (TPSA) is 46.1 Å². The highest BCUT2D eigenvalue weighted by molar-refractivity contribution is 6.29. The van der Waals surface area contributed by atoms with E-state index in [1.54, 1.807) is 6.92 Å². The van der Waals surface area contributed by atoms with Gasteiger partial charge in [-0.1, -0.05) is 11.6 Å². The zero-order valence-corrected chi connectivity index (χ0v) is 11.4. The van der Waals surface area contributed by atoms with Crippen molar-refractivity contribution in [1.29, 1.82) is 0 Å². The van der Waals surface area contributed by atoms with Crippen LogP contribution in [0.2, 0.25) is 5.15 Å². The van der Waals surface area contributed by atoms with Crippen LogP contribution >= 0.6 is 11.6 Å². The summed E-state index contributed by atoms with van der Waals surface area (Å²) in [6, 6.07) is 1.83. The third-order valence-electron chi connectivity index (χ3n) is 3.48. The minimum Gasteiger partial charge on any atom is -0.343 e. The predicted molar refractivity (Wildman–Crippen MR) is 70.3 cm³/mol. The van der Waals surface area contributed by atoms with Crippen LogP contribution in [0.4, 0.5) is 0 Å². The fourth-order valence-corrected chi connectivity index (χ4v) is 2.63. The highest BCUT2D eigenvalue weighted by Crippen LogP contribution is 2.21. The second-order valence-corrected chi connectivity index (χ2v) is 5.23. The first-order valence-electron chi connectivity index (χ1n) is 6.37. The summed E-state index contributed by atoms with van der Waals surface area (Å²) in [6.07, 6.45) is 5.69. The molecule has 4 nitrogen and oxygen atoms in total. The van der Waals surface area contributed by atoms with E-state index in [1.807, 2.05) is 11.0 Å². The van der Waals surface area contributed by atoms with Crippen LogP contribution in [-0.4, -0.2) is 33.9 Å². The van der Waals surface area contributed by atoms with Gasteiger partial charge in [-0.15, -0.1) is 0 Å². The number of hydrogen-bond acceptors (Lipinski definition) is 3. The van der Waals surface area contributed by atoms with Gasteiger partial charge in [0.25, 0.3) is 0 Å². The summed E-state index contributed by atoms with van der Waals surface area (Å²) in [5.41, 5.74) is 0.997. The van der Waals surface area contributed by atoms with Gasteiger partial charge >= 0.3 is 0 Å². The molecule has 1 amide bonds. The number of carbonyl (C=O) groups is 1. The van der Waals surface area contributed by atoms with E-state index in [4.69, 9.17) is 11.6 Å². The van der Waals surface area contributed by atoms with Crippen LogP contribution in [-0.2, 0) is 11.2 Å². The SMILES string of the molecule is CC(=O)N1CCCC(Cc2cc(Cl)ncn2)CC1. The maximum atomic E-state index is 11.3. The summed E-state index contributed by atoms with van der Waals surface area (Å²) in [7, 11) is 0. The highest BCUT2D eigenvalue weighted by Gasteiger charge is 2.19. The first-order chi connectivity index (χ1) is 8.65. The number of carbonyl (C=O) groups excluding carboxylic acids is 1. The molecule has 1 atom stereocenters. The van der Waals surface area contributed by atoms with Crippen molar-refractivity contribution in [2.45, 2.75) is 32.6 Å². The molecule has 5 heteroatoms. The highest BCUT2D eigenvalue weighted by atomic mass is 35.5. The second kappa shape index (κ2) is 6.14. The Labute approximate surface area is 112 Å². The van der Waals surface area contributed by atoms with Gasteiger partial charge in [0.2, 0.25) is 5.91 Å². The van der Waals surface area contributed by atoms with Gasteiger partial charge in [0.05, 0.1) is 0 Å². The minimum absolute atomic E-state index is 0.181. The lowest BCUT2D eigenvalue weighted by Gasteiger charge is -2.18. The molecule has 1 unspecified atom stereocenters. The van der Waals surface area contributed by atoms with Gasteiger partial charge in [-0.2, -0.15) is 0 Å². The average Bonchev–Trinajstić information content (AvgIpc) is 2.55. The molecule has 1 aliphatic heterocycles. The number of rotatable bonds is 2. The van der Waals surface area contributed by atoms with Crippen molar-refractivity contribution < 1.29 is 4.79 Å². The fraction of sp³-hybridized carbons (Fsp3) is 0.615. The summed E-state index contributed by atoms with van der Waals surface area (Å²) in [4.78, 5) is 21.4. The zero-order chi connectivity index (χ0) is 13.0. The molecule has 1 saturated heterocycles. The quantitative estimate of drug-likeness (QED) is 0.773. The molecule has 18 heavy (non-hydrogen) atoms. The Morgan fingerprint density at radius 3 is 3.00 bits per heavy atom. The fourth-order valence-electron chi connectivity index (χ4n) is 2.46. The molecule has 0 saturated carbocycles. The Balaban J connectivity index is 1.92. The van der Waals surface area contributed by atoms with Crippen LogP contribution < -0.4 is 0 Å². The number of aromatic nitrogens is 2. The maximum Gasteiger partial charge on any atom is 0.219 e. The second-order valence-electron chi connectivity index (χ2n) is 4.84. The first-order valence-corrected chi connectivity index (χ1v) is 6.75. The van der Waals surface area contributed by atoms with Crippen LogP contribution in [0.1, 0.15) is 31.9 Å². The third kappa shape index (κ3) is 3.67. The van der Waals surface area contributed by atoms with Gasteiger partial charge in [-0.05, 0) is 37.7 Å². The van der Waals surface area contributed by atoms with Crippen LogP contribution in [0, 0.1) is 5.92 Å². The number of likely N-dealkylation sites (tertiary alicyclic amines) is 1. The molecule has 0 aromatic carbocycles. The monoisotopic (exact) mass is 267 g/mol. The van der Waals surface area contributed by atoms with E-state index in [2.05, 4.69) is 9.97 Å². The van der Waals surface area contributed by atoms with Gasteiger partial charge in [0, 0.05) is 25.7 Å². The summed E-state index contributed by atoms with van der Waals surface area (Å²) < 4.78 is 0. The van der Waals surface area contributed by atoms with Gasteiger partial charge in [-0.3, -0.25) is 4.79 Å². The first kappa shape index (κ1) is 13.3. The molecule has 2 rings (SSSR count). The Morgan fingerprint density at radius 1 is 1.44 bits per heavy atom. The van der Waals surface area contributed by atoms with E-state index in [0.29, 0.717) is 11.1 Å². The molecule has 0 bridgehead atoms. The van der Waals surface area contributed by atoms with E-state index in [1.165, 1.54) is 6.33 Å². The smallest absolute Gasteiger partial charge is 0.219 e. The number of amides is 1. The van der Waals surface area contributed by atoms with Crippen molar-refractivity contribution in [2.75, 3.05) is 13.1 Å². The van der Waals surface area contributed by atoms with E-state index in [9.17, 15) is 4.79 Å². The Kier molecular flexibility index (Phi) is 4.53. The van der Waals surface area contributed by atoms with Crippen LogP contribution in [0.15, 0.2) is 12.4 Å². The lowest BCUT2D eigenvalue weighted by Crippen LogP contribution is -2.29. The largest absolute Gasteiger partial charge is 0.343 e. The van der Waals surface area contributed by atoms with Crippen molar-refractivity contribution in [3.05, 3.63) is 23.2 Å². The van der Waals surface area contributed by atoms with Crippen LogP contribution in [0.5, 0.6) is 0 Å². The van der Waals surface area contributed by atoms with Crippen molar-refractivity contribution in [2.24, 2.45) is 5.92 Å². The molecule has 0 aliphatic carbocycles. The van der Waals surface area contributed by atoms with Crippen molar-refractivity contribution >= 4 is 17.5 Å². The molecule has 0 spiro atoms. The lowest BCUT2D eigenvalue weighted by molar-refractivity contribution is -0.128. The minimum atomic E-state index is 0.181. The summed E-state index contributed by atoms with van der Waals surface area (Å²) in [6.45, 7) is 3.39. The average molecular weight is 268 g/mol. The van der Waals surface area contributed by atoms with Crippen molar-refractivity contribution in [3.8, 4) is 0 Å². The lowest BCUT2D eigenvalue weighted by atomic mass is 9.95. The van der Waals surface area contributed by atoms with E-state index < -0.39 is 0 Å². The summed E-state index contributed by atoms with van der Waals surface area (Å²) in [5, 5.41) is 0.499. The summed E-state index contributed by atoms with van der Waals surface area (Å²) >= 11 is 5.86. The standard InChI is InChI=1S/C13H18ClN3O/c1-10(18)17-5-2-3-11(4-6-17)7-12-8-13(14)16-9-15-12/h8-9,11H,2-7H2,1H3. The normalized spacial score (nSPS) is 20.6. The van der Waals surface area contributed by atoms with Gasteiger partial charge in [-0.25, -0.2) is 9.97 Å².